The van der Waals surface area contributed by atoms with Crippen LogP contribution in [0.15, 0.2) is 18.5 Å². The van der Waals surface area contributed by atoms with Crippen LogP contribution in [-0.2, 0) is 23.8 Å². The van der Waals surface area contributed by atoms with E-state index < -0.39 is 10.8 Å². The van der Waals surface area contributed by atoms with E-state index in [2.05, 4.69) is 14.5 Å². The Morgan fingerprint density at radius 3 is 3.00 bits per heavy atom. The molecular weight excluding hydrogens is 282 g/mol. The van der Waals surface area contributed by atoms with E-state index in [1.165, 1.54) is 0 Å². The quantitative estimate of drug-likeness (QED) is 0.769. The zero-order valence-corrected chi connectivity index (χ0v) is 12.7. The number of hydrogen-bond donors (Lipinski definition) is 0. The summed E-state index contributed by atoms with van der Waals surface area (Å²) in [6.45, 7) is 2.82. The van der Waals surface area contributed by atoms with E-state index in [1.54, 1.807) is 18.6 Å². The topological polar surface area (TPSA) is 47.8 Å². The van der Waals surface area contributed by atoms with Crippen LogP contribution in [-0.4, -0.2) is 36.1 Å². The molecule has 2 atom stereocenters. The minimum atomic E-state index is -0.788. The van der Waals surface area contributed by atoms with Gasteiger partial charge in [0.25, 0.3) is 0 Å². The largest absolute Gasteiger partial charge is 0.328 e. The van der Waals surface area contributed by atoms with Crippen LogP contribution in [0.5, 0.6) is 0 Å². The van der Waals surface area contributed by atoms with Crippen molar-refractivity contribution in [3.05, 3.63) is 24.3 Å². The first-order valence-corrected chi connectivity index (χ1v) is 8.46. The standard InChI is InChI=1S/C13H18ClN3OS/c1-10(19(2)18)5-8-17-12-4-7-15-9-11(12)16-13(17)3-6-14/h4,7,9-10H,3,5-6,8H2,1-2H3. The van der Waals surface area contributed by atoms with Gasteiger partial charge in [0.05, 0.1) is 11.7 Å². The first kappa shape index (κ1) is 14.5. The van der Waals surface area contributed by atoms with Crippen molar-refractivity contribution in [3.63, 3.8) is 0 Å². The molecule has 0 aliphatic rings. The molecule has 104 valence electrons. The summed E-state index contributed by atoms with van der Waals surface area (Å²) in [6, 6.07) is 1.97. The van der Waals surface area contributed by atoms with Crippen molar-refractivity contribution in [1.82, 2.24) is 14.5 Å². The highest BCUT2D eigenvalue weighted by Crippen LogP contribution is 2.17. The molecule has 2 rings (SSSR count). The van der Waals surface area contributed by atoms with Gasteiger partial charge in [-0.25, -0.2) is 4.98 Å². The monoisotopic (exact) mass is 299 g/mol. The van der Waals surface area contributed by atoms with Gasteiger partial charge in [0.2, 0.25) is 0 Å². The third-order valence-electron chi connectivity index (χ3n) is 3.27. The highest BCUT2D eigenvalue weighted by molar-refractivity contribution is 7.84. The van der Waals surface area contributed by atoms with Crippen molar-refractivity contribution in [1.29, 1.82) is 0 Å². The fraction of sp³-hybridized carbons (Fsp3) is 0.538. The average Bonchev–Trinajstić information content (AvgIpc) is 2.74. The third kappa shape index (κ3) is 3.34. The number of pyridine rings is 1. The summed E-state index contributed by atoms with van der Waals surface area (Å²) in [7, 11) is -0.788. The molecule has 0 N–H and O–H groups in total. The molecule has 19 heavy (non-hydrogen) atoms. The minimum absolute atomic E-state index is 0.183. The maximum absolute atomic E-state index is 11.4. The second-order valence-corrected chi connectivity index (χ2v) is 6.76. The van der Waals surface area contributed by atoms with E-state index >= 15 is 0 Å². The molecule has 2 unspecified atom stereocenters. The lowest BCUT2D eigenvalue weighted by molar-refractivity contribution is 0.611. The molecule has 0 bridgehead atoms. The molecule has 0 saturated heterocycles. The number of rotatable bonds is 6. The van der Waals surface area contributed by atoms with Gasteiger partial charge in [0.1, 0.15) is 11.3 Å². The number of imidazole rings is 1. The van der Waals surface area contributed by atoms with E-state index in [0.29, 0.717) is 5.88 Å². The molecule has 0 aliphatic carbocycles. The van der Waals surface area contributed by atoms with Gasteiger partial charge < -0.3 is 4.57 Å². The van der Waals surface area contributed by atoms with E-state index in [-0.39, 0.29) is 5.25 Å². The lowest BCUT2D eigenvalue weighted by Crippen LogP contribution is -2.14. The molecule has 0 radical (unpaired) electrons. The van der Waals surface area contributed by atoms with Crippen LogP contribution in [0.2, 0.25) is 0 Å². The number of alkyl halides is 1. The van der Waals surface area contributed by atoms with Gasteiger partial charge in [-0.3, -0.25) is 9.19 Å². The molecule has 2 heterocycles. The number of aromatic nitrogens is 3. The van der Waals surface area contributed by atoms with Crippen molar-refractivity contribution in [3.8, 4) is 0 Å². The van der Waals surface area contributed by atoms with Crippen LogP contribution >= 0.6 is 11.6 Å². The van der Waals surface area contributed by atoms with E-state index in [9.17, 15) is 4.21 Å². The molecule has 2 aromatic rings. The maximum atomic E-state index is 11.4. The molecule has 0 amide bonds. The highest BCUT2D eigenvalue weighted by Gasteiger charge is 2.12. The van der Waals surface area contributed by atoms with Crippen LogP contribution in [0.1, 0.15) is 19.2 Å². The van der Waals surface area contributed by atoms with Gasteiger partial charge in [0.15, 0.2) is 0 Å². The van der Waals surface area contributed by atoms with E-state index in [0.717, 1.165) is 36.2 Å². The minimum Gasteiger partial charge on any atom is -0.328 e. The summed E-state index contributed by atoms with van der Waals surface area (Å²) in [5.41, 5.74) is 1.97. The van der Waals surface area contributed by atoms with Crippen LogP contribution in [0, 0.1) is 0 Å². The van der Waals surface area contributed by atoms with Gasteiger partial charge in [-0.1, -0.05) is 6.92 Å². The third-order valence-corrected chi connectivity index (χ3v) is 4.83. The fourth-order valence-corrected chi connectivity index (χ4v) is 2.64. The zero-order valence-electron chi connectivity index (χ0n) is 11.2. The Morgan fingerprint density at radius 1 is 1.53 bits per heavy atom. The summed E-state index contributed by atoms with van der Waals surface area (Å²) >= 11 is 5.83. The predicted octanol–water partition coefficient (Wildman–Crippen LogP) is 2.37. The van der Waals surface area contributed by atoms with Crippen molar-refractivity contribution < 1.29 is 4.21 Å². The van der Waals surface area contributed by atoms with Crippen molar-refractivity contribution in [2.75, 3.05) is 12.1 Å². The van der Waals surface area contributed by atoms with Crippen molar-refractivity contribution in [2.45, 2.75) is 31.6 Å². The molecule has 6 heteroatoms. The molecule has 0 aromatic carbocycles. The van der Waals surface area contributed by atoms with Gasteiger partial charge in [-0.05, 0) is 12.5 Å². The molecule has 2 aromatic heterocycles. The smallest absolute Gasteiger partial charge is 0.111 e. The number of aryl methyl sites for hydroxylation is 2. The lowest BCUT2D eigenvalue weighted by atomic mass is 10.3. The number of hydrogen-bond acceptors (Lipinski definition) is 3. The van der Waals surface area contributed by atoms with Crippen LogP contribution in [0.25, 0.3) is 11.0 Å². The number of halogens is 1. The molecule has 0 saturated carbocycles. The highest BCUT2D eigenvalue weighted by atomic mass is 35.5. The summed E-state index contributed by atoms with van der Waals surface area (Å²) in [5, 5.41) is 0.183. The van der Waals surface area contributed by atoms with E-state index in [4.69, 9.17) is 11.6 Å². The molecular formula is C13H18ClN3OS. The first-order valence-electron chi connectivity index (χ1n) is 6.30. The van der Waals surface area contributed by atoms with E-state index in [1.807, 2.05) is 13.0 Å². The normalized spacial score (nSPS) is 14.7. The SMILES string of the molecule is CC(CCn1c(CCCl)nc2cnccc21)S(C)=O. The molecule has 0 aliphatic heterocycles. The zero-order chi connectivity index (χ0) is 13.8. The van der Waals surface area contributed by atoms with Gasteiger partial charge in [-0.2, -0.15) is 0 Å². The molecule has 0 fully saturated rings. The lowest BCUT2D eigenvalue weighted by Gasteiger charge is -2.11. The second kappa shape index (κ2) is 6.48. The predicted molar refractivity (Wildman–Crippen MR) is 80.1 cm³/mol. The van der Waals surface area contributed by atoms with Crippen molar-refractivity contribution in [2.24, 2.45) is 0 Å². The first-order chi connectivity index (χ1) is 9.13. The van der Waals surface area contributed by atoms with Gasteiger partial charge >= 0.3 is 0 Å². The Bertz CT molecular complexity index is 584. The van der Waals surface area contributed by atoms with Crippen LogP contribution in [0.3, 0.4) is 0 Å². The summed E-state index contributed by atoms with van der Waals surface area (Å²) in [5.74, 6) is 1.53. The summed E-state index contributed by atoms with van der Waals surface area (Å²) in [4.78, 5) is 8.66. The number of nitrogens with zero attached hydrogens (tertiary/aromatic N) is 3. The Kier molecular flexibility index (Phi) is 4.93. The summed E-state index contributed by atoms with van der Waals surface area (Å²) < 4.78 is 13.6. The van der Waals surface area contributed by atoms with Crippen LogP contribution < -0.4 is 0 Å². The second-order valence-electron chi connectivity index (χ2n) is 4.58. The Morgan fingerprint density at radius 2 is 2.32 bits per heavy atom. The van der Waals surface area contributed by atoms with Crippen molar-refractivity contribution >= 4 is 33.4 Å². The Hall–Kier alpha value is -0.940. The Labute approximate surface area is 120 Å². The maximum Gasteiger partial charge on any atom is 0.111 e. The van der Waals surface area contributed by atoms with Gasteiger partial charge in [0, 0.05) is 47.3 Å². The molecule has 0 spiro atoms. The van der Waals surface area contributed by atoms with Gasteiger partial charge in [-0.15, -0.1) is 11.6 Å². The average molecular weight is 300 g/mol. The summed E-state index contributed by atoms with van der Waals surface area (Å²) in [6.07, 6.45) is 6.89. The molecule has 4 nitrogen and oxygen atoms in total. The van der Waals surface area contributed by atoms with Crippen LogP contribution in [0.4, 0.5) is 0 Å². The number of fused-ring (bicyclic) bond motifs is 1. The fourth-order valence-electron chi connectivity index (χ4n) is 2.03. The Balaban J connectivity index is 2.28.